The number of carbonyl (C=O) groups is 4. The van der Waals surface area contributed by atoms with Crippen molar-refractivity contribution in [3.63, 3.8) is 0 Å². The van der Waals surface area contributed by atoms with E-state index in [2.05, 4.69) is 0 Å². The molecule has 1 aromatic rings. The lowest BCUT2D eigenvalue weighted by Gasteiger charge is -2.17. The molecule has 0 aromatic heterocycles. The Kier molecular flexibility index (Phi) is 4.97. The molecule has 21 heavy (non-hydrogen) atoms. The molecule has 0 N–H and O–H groups in total. The van der Waals surface area contributed by atoms with Crippen molar-refractivity contribution in [2.24, 2.45) is 0 Å². The van der Waals surface area contributed by atoms with Crippen LogP contribution in [0.3, 0.4) is 0 Å². The van der Waals surface area contributed by atoms with Crippen LogP contribution in [0.2, 0.25) is 0 Å². The Morgan fingerprint density at radius 1 is 0.857 bits per heavy atom. The van der Waals surface area contributed by atoms with Gasteiger partial charge >= 0.3 is 5.97 Å². The minimum atomic E-state index is -0.666. The van der Waals surface area contributed by atoms with E-state index in [9.17, 15) is 19.2 Å². The molecule has 6 nitrogen and oxygen atoms in total. The Balaban J connectivity index is 3.90. The van der Waals surface area contributed by atoms with Crippen molar-refractivity contribution in [1.29, 1.82) is 0 Å². The topological polar surface area (TPSA) is 86.7 Å². The number of rotatable bonds is 5. The zero-order chi connectivity index (χ0) is 16.3. The van der Waals surface area contributed by atoms with Crippen LogP contribution in [0, 0.1) is 0 Å². The van der Waals surface area contributed by atoms with Crippen LogP contribution in [-0.2, 0) is 4.79 Å². The summed E-state index contributed by atoms with van der Waals surface area (Å²) in [7, 11) is 1.31. The molecular weight excluding hydrogens is 276 g/mol. The summed E-state index contributed by atoms with van der Waals surface area (Å²) in [5.41, 5.74) is -0.130. The molecule has 0 aliphatic rings. The Hall–Kier alpha value is -2.50. The van der Waals surface area contributed by atoms with Crippen molar-refractivity contribution >= 4 is 23.3 Å². The van der Waals surface area contributed by atoms with E-state index in [1.54, 1.807) is 0 Å². The van der Waals surface area contributed by atoms with Gasteiger partial charge in [-0.3, -0.25) is 19.2 Å². The van der Waals surface area contributed by atoms with Crippen LogP contribution in [0.5, 0.6) is 11.5 Å². The Morgan fingerprint density at radius 3 is 1.71 bits per heavy atom. The van der Waals surface area contributed by atoms with Crippen molar-refractivity contribution in [3.8, 4) is 11.5 Å². The van der Waals surface area contributed by atoms with E-state index in [1.165, 1.54) is 33.9 Å². The number of ether oxygens (including phenoxy) is 2. The first kappa shape index (κ1) is 16.6. The van der Waals surface area contributed by atoms with Crippen LogP contribution >= 0.6 is 0 Å². The molecule has 1 rings (SSSR count). The Labute approximate surface area is 122 Å². The third-order valence-corrected chi connectivity index (χ3v) is 2.79. The van der Waals surface area contributed by atoms with Crippen molar-refractivity contribution < 1.29 is 28.7 Å². The highest BCUT2D eigenvalue weighted by Crippen LogP contribution is 2.37. The molecule has 112 valence electrons. The molecular formula is C15H16O6. The van der Waals surface area contributed by atoms with Gasteiger partial charge in [0.1, 0.15) is 0 Å². The van der Waals surface area contributed by atoms with E-state index >= 15 is 0 Å². The van der Waals surface area contributed by atoms with E-state index in [0.717, 1.165) is 6.92 Å². The number of Topliss-reactive ketones (excluding diaryl/α,β-unsaturated/α-hetero) is 3. The number of methoxy groups -OCH3 is 1. The predicted octanol–water partition coefficient (Wildman–Crippen LogP) is 2.23. The number of benzene rings is 1. The summed E-state index contributed by atoms with van der Waals surface area (Å²) >= 11 is 0. The minimum Gasteiger partial charge on any atom is -0.493 e. The highest BCUT2D eigenvalue weighted by atomic mass is 16.6. The largest absolute Gasteiger partial charge is 0.493 e. The fourth-order valence-corrected chi connectivity index (χ4v) is 2.02. The molecule has 0 atom stereocenters. The van der Waals surface area contributed by atoms with Crippen molar-refractivity contribution in [3.05, 3.63) is 22.8 Å². The van der Waals surface area contributed by atoms with Gasteiger partial charge < -0.3 is 9.47 Å². The summed E-state index contributed by atoms with van der Waals surface area (Å²) in [5, 5.41) is 0. The average molecular weight is 292 g/mol. The van der Waals surface area contributed by atoms with E-state index in [0.29, 0.717) is 0 Å². The molecule has 0 saturated carbocycles. The normalized spacial score (nSPS) is 9.95. The summed E-state index contributed by atoms with van der Waals surface area (Å²) in [6.45, 7) is 4.89. The van der Waals surface area contributed by atoms with Crippen LogP contribution in [0.15, 0.2) is 6.07 Å². The summed E-state index contributed by atoms with van der Waals surface area (Å²) in [4.78, 5) is 46.7. The van der Waals surface area contributed by atoms with Crippen molar-refractivity contribution in [2.45, 2.75) is 27.7 Å². The smallest absolute Gasteiger partial charge is 0.308 e. The SMILES string of the molecule is COc1cc(C(C)=O)c(C(C)=O)c(C(C)=O)c1OC(C)=O. The van der Waals surface area contributed by atoms with Gasteiger partial charge in [-0.1, -0.05) is 0 Å². The van der Waals surface area contributed by atoms with E-state index in [1.807, 2.05) is 0 Å². The van der Waals surface area contributed by atoms with Crippen LogP contribution < -0.4 is 9.47 Å². The lowest BCUT2D eigenvalue weighted by molar-refractivity contribution is -0.132. The molecule has 0 fully saturated rings. The molecule has 1 aromatic carbocycles. The summed E-state index contributed by atoms with van der Waals surface area (Å²) in [6, 6.07) is 1.30. The molecule has 0 unspecified atom stereocenters. The second-order valence-corrected chi connectivity index (χ2v) is 4.47. The monoisotopic (exact) mass is 292 g/mol. The number of esters is 1. The van der Waals surface area contributed by atoms with Gasteiger partial charge in [0.2, 0.25) is 0 Å². The predicted molar refractivity (Wildman–Crippen MR) is 74.3 cm³/mol. The van der Waals surface area contributed by atoms with E-state index in [-0.39, 0.29) is 28.2 Å². The van der Waals surface area contributed by atoms with Crippen LogP contribution in [0.1, 0.15) is 58.8 Å². The molecule has 0 amide bonds. The first-order valence-corrected chi connectivity index (χ1v) is 6.16. The fraction of sp³-hybridized carbons (Fsp3) is 0.333. The molecule has 0 radical (unpaired) electrons. The van der Waals surface area contributed by atoms with Crippen molar-refractivity contribution in [2.75, 3.05) is 7.11 Å². The summed E-state index contributed by atoms with van der Waals surface area (Å²) in [6.07, 6.45) is 0. The van der Waals surface area contributed by atoms with E-state index < -0.39 is 23.3 Å². The van der Waals surface area contributed by atoms with E-state index in [4.69, 9.17) is 9.47 Å². The molecule has 0 spiro atoms. The van der Waals surface area contributed by atoms with Gasteiger partial charge in [-0.15, -0.1) is 0 Å². The highest BCUT2D eigenvalue weighted by Gasteiger charge is 2.27. The first-order valence-electron chi connectivity index (χ1n) is 6.16. The summed E-state index contributed by atoms with van der Waals surface area (Å²) < 4.78 is 10.1. The maximum Gasteiger partial charge on any atom is 0.308 e. The molecule has 0 saturated heterocycles. The molecule has 6 heteroatoms. The maximum absolute atomic E-state index is 11.9. The quantitative estimate of drug-likeness (QED) is 0.470. The Bertz CT molecular complexity index is 642. The standard InChI is InChI=1S/C15H16O6/c1-7(16)11-6-12(20-5)15(21-10(4)19)14(9(3)18)13(11)8(2)17/h6H,1-5H3. The fourth-order valence-electron chi connectivity index (χ4n) is 2.02. The minimum absolute atomic E-state index is 0.0469. The van der Waals surface area contributed by atoms with Gasteiger partial charge in [0.25, 0.3) is 0 Å². The zero-order valence-electron chi connectivity index (χ0n) is 12.5. The summed E-state index contributed by atoms with van der Waals surface area (Å²) in [5.74, 6) is -2.13. The Morgan fingerprint density at radius 2 is 1.38 bits per heavy atom. The lowest BCUT2D eigenvalue weighted by atomic mass is 9.92. The molecule has 0 bridgehead atoms. The third kappa shape index (κ3) is 3.34. The van der Waals surface area contributed by atoms with Crippen LogP contribution in [0.25, 0.3) is 0 Å². The number of hydrogen-bond donors (Lipinski definition) is 0. The number of hydrogen-bond acceptors (Lipinski definition) is 6. The number of ketones is 3. The van der Waals surface area contributed by atoms with Gasteiger partial charge in [-0.25, -0.2) is 0 Å². The number of carbonyl (C=O) groups excluding carboxylic acids is 4. The lowest BCUT2D eigenvalue weighted by Crippen LogP contribution is -2.16. The molecule has 0 heterocycles. The van der Waals surface area contributed by atoms with Crippen molar-refractivity contribution in [1.82, 2.24) is 0 Å². The zero-order valence-corrected chi connectivity index (χ0v) is 12.5. The van der Waals surface area contributed by atoms with Gasteiger partial charge in [0.15, 0.2) is 28.8 Å². The second kappa shape index (κ2) is 6.30. The average Bonchev–Trinajstić information content (AvgIpc) is 2.36. The first-order chi connectivity index (χ1) is 9.70. The molecule has 0 aliphatic heterocycles. The van der Waals surface area contributed by atoms with Crippen LogP contribution in [0.4, 0.5) is 0 Å². The molecule has 0 aliphatic carbocycles. The second-order valence-electron chi connectivity index (χ2n) is 4.47. The highest BCUT2D eigenvalue weighted by molar-refractivity contribution is 6.16. The van der Waals surface area contributed by atoms with Gasteiger partial charge in [-0.05, 0) is 26.8 Å². The third-order valence-electron chi connectivity index (χ3n) is 2.79. The maximum atomic E-state index is 11.9. The van der Waals surface area contributed by atoms with Gasteiger partial charge in [-0.2, -0.15) is 0 Å². The van der Waals surface area contributed by atoms with Gasteiger partial charge in [0.05, 0.1) is 12.7 Å². The van der Waals surface area contributed by atoms with Gasteiger partial charge in [0, 0.05) is 18.1 Å². The van der Waals surface area contributed by atoms with Crippen LogP contribution in [-0.4, -0.2) is 30.4 Å².